The Morgan fingerprint density at radius 1 is 0.853 bits per heavy atom. The number of anilines is 4. The Kier molecular flexibility index (Phi) is 6.35. The summed E-state index contributed by atoms with van der Waals surface area (Å²) >= 11 is 0. The third-order valence-electron chi connectivity index (χ3n) is 4.67. The monoisotopic (exact) mass is 463 g/mol. The first-order valence-corrected chi connectivity index (χ1v) is 10.0. The van der Waals surface area contributed by atoms with Crippen molar-refractivity contribution >= 4 is 29.3 Å². The molecule has 34 heavy (non-hydrogen) atoms. The van der Waals surface area contributed by atoms with E-state index in [1.54, 1.807) is 19.1 Å². The molecule has 0 bridgehead atoms. The maximum atomic E-state index is 14.5. The van der Waals surface area contributed by atoms with Crippen molar-refractivity contribution < 1.29 is 18.3 Å². The van der Waals surface area contributed by atoms with Crippen LogP contribution in [0, 0.1) is 25.5 Å². The highest BCUT2D eigenvalue weighted by Crippen LogP contribution is 2.38. The third-order valence-corrected chi connectivity index (χ3v) is 4.67. The Labute approximate surface area is 193 Å². The van der Waals surface area contributed by atoms with Crippen molar-refractivity contribution in [2.75, 3.05) is 17.7 Å². The number of nitrogens with zero attached hydrogens (tertiary/aromatic N) is 5. The number of carbonyl (C=O) groups excluding carboxylic acids is 1. The van der Waals surface area contributed by atoms with Crippen molar-refractivity contribution in [3.8, 4) is 17.1 Å². The molecular weight excluding hydrogens is 444 g/mol. The van der Waals surface area contributed by atoms with Crippen LogP contribution >= 0.6 is 0 Å². The van der Waals surface area contributed by atoms with Gasteiger partial charge in [0.2, 0.25) is 0 Å². The number of aryl methyl sites for hydroxylation is 2. The molecule has 0 aliphatic carbocycles. The zero-order valence-electron chi connectivity index (χ0n) is 18.4. The molecule has 4 rings (SSSR count). The largest absolute Gasteiger partial charge is 0.494 e. The number of methoxy groups -OCH3 is 1. The molecule has 3 aromatic heterocycles. The molecule has 0 aliphatic rings. The Bertz CT molecular complexity index is 1340. The SMILES string of the molecule is COc1c(Nc2cc(Nc3cc(C)nc(C)n3)ncc2C=O)cc(F)cc1-c1ncc(F)cn1. The minimum Gasteiger partial charge on any atom is -0.494 e. The molecule has 1 aromatic carbocycles. The van der Waals surface area contributed by atoms with E-state index in [9.17, 15) is 13.6 Å². The molecule has 4 aromatic rings. The minimum absolute atomic E-state index is 0.0722. The number of aromatic nitrogens is 5. The summed E-state index contributed by atoms with van der Waals surface area (Å²) in [5.41, 5.74) is 1.76. The second kappa shape index (κ2) is 9.53. The second-order valence-corrected chi connectivity index (χ2v) is 7.23. The van der Waals surface area contributed by atoms with Crippen LogP contribution < -0.4 is 15.4 Å². The van der Waals surface area contributed by atoms with Gasteiger partial charge in [-0.05, 0) is 19.9 Å². The highest BCUT2D eigenvalue weighted by atomic mass is 19.1. The number of aldehydes is 1. The molecular formula is C23H19F2N7O2. The van der Waals surface area contributed by atoms with Gasteiger partial charge in [-0.25, -0.2) is 33.7 Å². The van der Waals surface area contributed by atoms with Crippen molar-refractivity contribution in [1.29, 1.82) is 0 Å². The number of carbonyl (C=O) groups is 1. The van der Waals surface area contributed by atoms with Crippen molar-refractivity contribution in [3.05, 3.63) is 71.6 Å². The summed E-state index contributed by atoms with van der Waals surface area (Å²) in [6, 6.07) is 5.71. The van der Waals surface area contributed by atoms with E-state index in [2.05, 4.69) is 35.6 Å². The number of pyridine rings is 1. The molecule has 0 saturated heterocycles. The highest BCUT2D eigenvalue weighted by molar-refractivity contribution is 5.88. The Balaban J connectivity index is 1.73. The normalized spacial score (nSPS) is 10.6. The van der Waals surface area contributed by atoms with Crippen molar-refractivity contribution in [1.82, 2.24) is 24.9 Å². The van der Waals surface area contributed by atoms with Crippen LogP contribution in [0.1, 0.15) is 21.9 Å². The third kappa shape index (κ3) is 4.93. The number of nitrogens with one attached hydrogen (secondary N) is 2. The first kappa shape index (κ1) is 22.6. The summed E-state index contributed by atoms with van der Waals surface area (Å²) in [5.74, 6) is 0.549. The fourth-order valence-electron chi connectivity index (χ4n) is 3.32. The topological polar surface area (TPSA) is 115 Å². The van der Waals surface area contributed by atoms with E-state index in [-0.39, 0.29) is 28.4 Å². The van der Waals surface area contributed by atoms with Gasteiger partial charge in [-0.1, -0.05) is 0 Å². The first-order valence-electron chi connectivity index (χ1n) is 10.0. The fraction of sp³-hybridized carbons (Fsp3) is 0.130. The molecule has 0 radical (unpaired) electrons. The predicted octanol–water partition coefficient (Wildman–Crippen LogP) is 4.53. The number of halogens is 2. The summed E-state index contributed by atoms with van der Waals surface area (Å²) in [5, 5.41) is 6.08. The molecule has 0 fully saturated rings. The summed E-state index contributed by atoms with van der Waals surface area (Å²) in [6.45, 7) is 3.61. The van der Waals surface area contributed by atoms with E-state index in [1.807, 2.05) is 6.92 Å². The number of rotatable bonds is 7. The van der Waals surface area contributed by atoms with Gasteiger partial charge in [0.25, 0.3) is 0 Å². The maximum absolute atomic E-state index is 14.5. The molecule has 0 amide bonds. The lowest BCUT2D eigenvalue weighted by Gasteiger charge is -2.16. The Morgan fingerprint density at radius 2 is 1.62 bits per heavy atom. The molecule has 3 heterocycles. The van der Waals surface area contributed by atoms with Crippen LogP contribution in [0.25, 0.3) is 11.4 Å². The molecule has 0 unspecified atom stereocenters. The fourth-order valence-corrected chi connectivity index (χ4v) is 3.32. The average Bonchev–Trinajstić information content (AvgIpc) is 2.79. The summed E-state index contributed by atoms with van der Waals surface area (Å²) in [4.78, 5) is 32.2. The van der Waals surface area contributed by atoms with Gasteiger partial charge in [-0.3, -0.25) is 4.79 Å². The number of hydrogen-bond donors (Lipinski definition) is 2. The Morgan fingerprint density at radius 3 is 2.29 bits per heavy atom. The van der Waals surface area contributed by atoms with E-state index in [0.717, 1.165) is 18.1 Å². The molecule has 0 aliphatic heterocycles. The maximum Gasteiger partial charge on any atom is 0.163 e. The van der Waals surface area contributed by atoms with E-state index >= 15 is 0 Å². The second-order valence-electron chi connectivity index (χ2n) is 7.23. The first-order chi connectivity index (χ1) is 16.4. The van der Waals surface area contributed by atoms with Crippen LogP contribution in [0.15, 0.2) is 42.9 Å². The lowest BCUT2D eigenvalue weighted by atomic mass is 10.1. The van der Waals surface area contributed by atoms with Gasteiger partial charge in [0.15, 0.2) is 23.7 Å². The standard InChI is InChI=1S/C23H19F2N7O2/c1-12-4-21(30-13(2)29-12)32-20-7-18(14(11-33)8-26-20)31-19-6-15(24)5-17(22(19)34-3)23-27-9-16(25)10-28-23/h4-11H,1-3H3,(H2,26,29,30,31,32). The zero-order valence-corrected chi connectivity index (χ0v) is 18.4. The molecule has 9 nitrogen and oxygen atoms in total. The predicted molar refractivity (Wildman–Crippen MR) is 122 cm³/mol. The number of hydrogen-bond acceptors (Lipinski definition) is 9. The molecule has 0 saturated carbocycles. The van der Waals surface area contributed by atoms with Crippen LogP contribution in [0.4, 0.5) is 31.8 Å². The van der Waals surface area contributed by atoms with Crippen LogP contribution in [0.3, 0.4) is 0 Å². The lowest BCUT2D eigenvalue weighted by molar-refractivity contribution is 0.112. The van der Waals surface area contributed by atoms with Gasteiger partial charge in [0.1, 0.15) is 23.3 Å². The smallest absolute Gasteiger partial charge is 0.163 e. The van der Waals surface area contributed by atoms with E-state index in [4.69, 9.17) is 4.74 Å². The number of benzene rings is 1. The quantitative estimate of drug-likeness (QED) is 0.381. The molecule has 0 spiro atoms. The van der Waals surface area contributed by atoms with Gasteiger partial charge in [0, 0.05) is 30.1 Å². The minimum atomic E-state index is -0.626. The van der Waals surface area contributed by atoms with Crippen LogP contribution in [-0.2, 0) is 0 Å². The highest BCUT2D eigenvalue weighted by Gasteiger charge is 2.18. The number of ether oxygens (including phenoxy) is 1. The van der Waals surface area contributed by atoms with Gasteiger partial charge in [-0.15, -0.1) is 0 Å². The van der Waals surface area contributed by atoms with Crippen LogP contribution in [-0.4, -0.2) is 38.3 Å². The molecule has 172 valence electrons. The molecule has 11 heteroatoms. The molecule has 0 atom stereocenters. The van der Waals surface area contributed by atoms with E-state index in [0.29, 0.717) is 29.4 Å². The average molecular weight is 463 g/mol. The van der Waals surface area contributed by atoms with Gasteiger partial charge in [0.05, 0.1) is 42.0 Å². The van der Waals surface area contributed by atoms with Crippen molar-refractivity contribution in [2.24, 2.45) is 0 Å². The summed E-state index contributed by atoms with van der Waals surface area (Å²) in [7, 11) is 1.39. The zero-order chi connectivity index (χ0) is 24.2. The Hall–Kier alpha value is -4.54. The van der Waals surface area contributed by atoms with Crippen molar-refractivity contribution in [3.63, 3.8) is 0 Å². The van der Waals surface area contributed by atoms with Gasteiger partial charge >= 0.3 is 0 Å². The van der Waals surface area contributed by atoms with Crippen molar-refractivity contribution in [2.45, 2.75) is 13.8 Å². The lowest BCUT2D eigenvalue weighted by Crippen LogP contribution is -2.04. The van der Waals surface area contributed by atoms with Crippen LogP contribution in [0.2, 0.25) is 0 Å². The summed E-state index contributed by atoms with van der Waals surface area (Å²) in [6.07, 6.45) is 3.94. The summed E-state index contributed by atoms with van der Waals surface area (Å²) < 4.78 is 33.2. The van der Waals surface area contributed by atoms with Gasteiger partial charge in [-0.2, -0.15) is 0 Å². The van der Waals surface area contributed by atoms with Crippen LogP contribution in [0.5, 0.6) is 5.75 Å². The van der Waals surface area contributed by atoms with E-state index in [1.165, 1.54) is 25.4 Å². The molecule has 2 N–H and O–H groups in total. The van der Waals surface area contributed by atoms with Gasteiger partial charge < -0.3 is 15.4 Å². The van der Waals surface area contributed by atoms with E-state index < -0.39 is 11.6 Å².